The second-order valence-electron chi connectivity index (χ2n) is 7.99. The zero-order valence-electron chi connectivity index (χ0n) is 18.5. The zero-order valence-corrected chi connectivity index (χ0v) is 19.3. The van der Waals surface area contributed by atoms with Gasteiger partial charge in [0.15, 0.2) is 6.61 Å². The third kappa shape index (κ3) is 5.12. The molecule has 2 aromatic rings. The highest BCUT2D eigenvalue weighted by Crippen LogP contribution is 2.35. The van der Waals surface area contributed by atoms with Gasteiger partial charge in [-0.1, -0.05) is 18.6 Å². The fourth-order valence-corrected chi connectivity index (χ4v) is 5.49. The van der Waals surface area contributed by atoms with Crippen LogP contribution in [-0.4, -0.2) is 57.9 Å². The van der Waals surface area contributed by atoms with Crippen molar-refractivity contribution in [3.63, 3.8) is 0 Å². The molecule has 0 saturated carbocycles. The van der Waals surface area contributed by atoms with E-state index in [0.29, 0.717) is 24.6 Å². The summed E-state index contributed by atoms with van der Waals surface area (Å²) in [5, 5.41) is 2.79. The number of nitrogens with zero attached hydrogens (tertiary/aromatic N) is 2. The van der Waals surface area contributed by atoms with Gasteiger partial charge in [0.05, 0.1) is 17.7 Å². The summed E-state index contributed by atoms with van der Waals surface area (Å²) < 4.78 is 38.3. The summed E-state index contributed by atoms with van der Waals surface area (Å²) in [5.41, 5.74) is 1.13. The van der Waals surface area contributed by atoms with E-state index >= 15 is 0 Å². The maximum atomic E-state index is 13.1. The molecule has 1 saturated heterocycles. The van der Waals surface area contributed by atoms with Crippen LogP contribution < -0.4 is 19.7 Å². The summed E-state index contributed by atoms with van der Waals surface area (Å²) in [6.07, 6.45) is 2.66. The highest BCUT2D eigenvalue weighted by Gasteiger charge is 2.31. The van der Waals surface area contributed by atoms with Crippen LogP contribution in [0.5, 0.6) is 11.5 Å². The molecule has 176 valence electrons. The molecule has 0 bridgehead atoms. The van der Waals surface area contributed by atoms with Crippen molar-refractivity contribution >= 4 is 27.5 Å². The fourth-order valence-electron chi connectivity index (χ4n) is 3.95. The lowest BCUT2D eigenvalue weighted by molar-refractivity contribution is -0.125. The maximum absolute atomic E-state index is 13.1. The first-order valence-corrected chi connectivity index (χ1v) is 12.3. The van der Waals surface area contributed by atoms with Gasteiger partial charge < -0.3 is 14.8 Å². The number of rotatable bonds is 7. The van der Waals surface area contributed by atoms with Crippen molar-refractivity contribution in [2.75, 3.05) is 38.3 Å². The predicted molar refractivity (Wildman–Crippen MR) is 122 cm³/mol. The second-order valence-corrected chi connectivity index (χ2v) is 9.93. The quantitative estimate of drug-likeness (QED) is 0.659. The minimum absolute atomic E-state index is 0.0863. The molecule has 2 aliphatic rings. The standard InChI is InChI=1S/C23H27N3O6S/c1-31-18-7-5-6-17(12-18)14-24-22(27)15-26-20-13-19(8-9-21(20)32-16-23(26)28)33(29,30)25-10-3-2-4-11-25/h5-9,12-13H,2-4,10-11,14-16H2,1H3,(H,24,27). The van der Waals surface area contributed by atoms with Crippen molar-refractivity contribution in [3.05, 3.63) is 48.0 Å². The molecule has 2 amide bonds. The summed E-state index contributed by atoms with van der Waals surface area (Å²) in [7, 11) is -2.12. The Morgan fingerprint density at radius 2 is 1.91 bits per heavy atom. The third-order valence-electron chi connectivity index (χ3n) is 5.75. The van der Waals surface area contributed by atoms with Gasteiger partial charge in [0, 0.05) is 19.6 Å². The zero-order chi connectivity index (χ0) is 23.4. The Labute approximate surface area is 193 Å². The number of nitrogens with one attached hydrogen (secondary N) is 1. The molecule has 0 spiro atoms. The van der Waals surface area contributed by atoms with E-state index in [-0.39, 0.29) is 36.2 Å². The molecule has 9 nitrogen and oxygen atoms in total. The first-order chi connectivity index (χ1) is 15.9. The van der Waals surface area contributed by atoms with Gasteiger partial charge in [-0.2, -0.15) is 4.31 Å². The second kappa shape index (κ2) is 9.80. The lowest BCUT2D eigenvalue weighted by Gasteiger charge is -2.30. The normalized spacial score (nSPS) is 16.6. The summed E-state index contributed by atoms with van der Waals surface area (Å²) >= 11 is 0. The van der Waals surface area contributed by atoms with E-state index in [0.717, 1.165) is 24.8 Å². The van der Waals surface area contributed by atoms with Crippen LogP contribution in [0.25, 0.3) is 0 Å². The number of benzene rings is 2. The Bertz CT molecular complexity index is 1140. The summed E-state index contributed by atoms with van der Waals surface area (Å²) in [4.78, 5) is 26.5. The average molecular weight is 474 g/mol. The molecule has 2 heterocycles. The fraction of sp³-hybridized carbons (Fsp3) is 0.391. The largest absolute Gasteiger partial charge is 0.497 e. The van der Waals surface area contributed by atoms with Crippen LogP contribution in [0.3, 0.4) is 0 Å². The van der Waals surface area contributed by atoms with E-state index in [9.17, 15) is 18.0 Å². The number of anilines is 1. The van der Waals surface area contributed by atoms with E-state index in [1.165, 1.54) is 21.3 Å². The first-order valence-electron chi connectivity index (χ1n) is 10.9. The number of ether oxygens (including phenoxy) is 2. The molecule has 1 N–H and O–H groups in total. The molecule has 0 aromatic heterocycles. The lowest BCUT2D eigenvalue weighted by Crippen LogP contribution is -2.45. The Balaban J connectivity index is 1.51. The van der Waals surface area contributed by atoms with Gasteiger partial charge >= 0.3 is 0 Å². The average Bonchev–Trinajstić information content (AvgIpc) is 2.85. The number of carbonyl (C=O) groups is 2. The van der Waals surface area contributed by atoms with Gasteiger partial charge in [-0.3, -0.25) is 14.5 Å². The number of piperidine rings is 1. The number of sulfonamides is 1. The first kappa shape index (κ1) is 23.1. The van der Waals surface area contributed by atoms with Gasteiger partial charge in [-0.05, 0) is 48.7 Å². The number of carbonyl (C=O) groups excluding carboxylic acids is 2. The molecule has 2 aliphatic heterocycles. The van der Waals surface area contributed by atoms with Gasteiger partial charge in [0.25, 0.3) is 5.91 Å². The van der Waals surface area contributed by atoms with Crippen molar-refractivity contribution in [2.45, 2.75) is 30.7 Å². The number of methoxy groups -OCH3 is 1. The summed E-state index contributed by atoms with van der Waals surface area (Å²) in [6.45, 7) is 0.766. The van der Waals surface area contributed by atoms with Crippen LogP contribution >= 0.6 is 0 Å². The minimum Gasteiger partial charge on any atom is -0.497 e. The molecule has 1 fully saturated rings. The highest BCUT2D eigenvalue weighted by molar-refractivity contribution is 7.89. The van der Waals surface area contributed by atoms with Crippen molar-refractivity contribution < 1.29 is 27.5 Å². The Kier molecular flexibility index (Phi) is 6.85. The molecular weight excluding hydrogens is 446 g/mol. The van der Waals surface area contributed by atoms with Gasteiger partial charge in [0.2, 0.25) is 15.9 Å². The maximum Gasteiger partial charge on any atom is 0.265 e. The lowest BCUT2D eigenvalue weighted by atomic mass is 10.2. The van der Waals surface area contributed by atoms with Crippen LogP contribution in [0.2, 0.25) is 0 Å². The van der Waals surface area contributed by atoms with E-state index in [1.54, 1.807) is 13.2 Å². The van der Waals surface area contributed by atoms with Gasteiger partial charge in [-0.25, -0.2) is 8.42 Å². The molecular formula is C23H27N3O6S. The molecule has 0 atom stereocenters. The smallest absolute Gasteiger partial charge is 0.265 e. The van der Waals surface area contributed by atoms with Crippen molar-refractivity contribution in [2.24, 2.45) is 0 Å². The van der Waals surface area contributed by atoms with E-state index in [1.807, 2.05) is 24.3 Å². The minimum atomic E-state index is -3.69. The summed E-state index contributed by atoms with van der Waals surface area (Å²) in [6, 6.07) is 11.8. The van der Waals surface area contributed by atoms with Gasteiger partial charge in [0.1, 0.15) is 18.0 Å². The van der Waals surface area contributed by atoms with E-state index < -0.39 is 15.9 Å². The Hall–Kier alpha value is -3.11. The number of fused-ring (bicyclic) bond motifs is 1. The Morgan fingerprint density at radius 1 is 1.12 bits per heavy atom. The molecule has 0 unspecified atom stereocenters. The van der Waals surface area contributed by atoms with Crippen LogP contribution in [0.15, 0.2) is 47.4 Å². The van der Waals surface area contributed by atoms with Gasteiger partial charge in [-0.15, -0.1) is 0 Å². The SMILES string of the molecule is COc1cccc(CNC(=O)CN2C(=O)COc3ccc(S(=O)(=O)N4CCCCC4)cc32)c1. The van der Waals surface area contributed by atoms with Crippen molar-refractivity contribution in [1.82, 2.24) is 9.62 Å². The molecule has 2 aromatic carbocycles. The number of hydrogen-bond acceptors (Lipinski definition) is 6. The van der Waals surface area contributed by atoms with Crippen LogP contribution in [0.1, 0.15) is 24.8 Å². The topological polar surface area (TPSA) is 105 Å². The third-order valence-corrected chi connectivity index (χ3v) is 7.65. The predicted octanol–water partition coefficient (Wildman–Crippen LogP) is 1.91. The number of hydrogen-bond donors (Lipinski definition) is 1. The molecule has 4 rings (SSSR count). The van der Waals surface area contributed by atoms with Crippen molar-refractivity contribution in [3.8, 4) is 11.5 Å². The van der Waals surface area contributed by atoms with Crippen LogP contribution in [0.4, 0.5) is 5.69 Å². The Morgan fingerprint density at radius 3 is 2.67 bits per heavy atom. The number of amides is 2. The highest BCUT2D eigenvalue weighted by atomic mass is 32.2. The van der Waals surface area contributed by atoms with Crippen molar-refractivity contribution in [1.29, 1.82) is 0 Å². The summed E-state index contributed by atoms with van der Waals surface area (Å²) in [5.74, 6) is 0.268. The van der Waals surface area contributed by atoms with E-state index in [4.69, 9.17) is 9.47 Å². The van der Waals surface area contributed by atoms with Crippen LogP contribution in [-0.2, 0) is 26.2 Å². The molecule has 0 radical (unpaired) electrons. The molecule has 10 heteroatoms. The van der Waals surface area contributed by atoms with E-state index in [2.05, 4.69) is 5.32 Å². The molecule has 0 aliphatic carbocycles. The van der Waals surface area contributed by atoms with Crippen LogP contribution in [0, 0.1) is 0 Å². The molecule has 33 heavy (non-hydrogen) atoms. The monoisotopic (exact) mass is 473 g/mol.